The van der Waals surface area contributed by atoms with Gasteiger partial charge in [0.05, 0.1) is 24.2 Å². The van der Waals surface area contributed by atoms with Crippen LogP contribution >= 0.6 is 0 Å². The number of ether oxygens (including phenoxy) is 1. The Hall–Kier alpha value is -5.37. The number of anilines is 3. The van der Waals surface area contributed by atoms with Crippen molar-refractivity contribution in [3.8, 4) is 5.75 Å². The molecular weight excluding hydrogens is 538 g/mol. The van der Waals surface area contributed by atoms with Crippen molar-refractivity contribution in [1.29, 1.82) is 0 Å². The number of nitrogens with one attached hydrogen (secondary N) is 3. The molecule has 0 heterocycles. The van der Waals surface area contributed by atoms with Crippen LogP contribution in [0.3, 0.4) is 0 Å². The molecule has 222 valence electrons. The van der Waals surface area contributed by atoms with Gasteiger partial charge in [-0.05, 0) is 91.2 Å². The van der Waals surface area contributed by atoms with E-state index in [2.05, 4.69) is 20.9 Å². The molecule has 0 fully saturated rings. The van der Waals surface area contributed by atoms with Crippen LogP contribution in [0.15, 0.2) is 119 Å². The van der Waals surface area contributed by atoms with E-state index in [0.717, 1.165) is 45.8 Å². The fourth-order valence-corrected chi connectivity index (χ4v) is 4.22. The number of benzene rings is 3. The predicted molar refractivity (Wildman–Crippen MR) is 178 cm³/mol. The zero-order valence-corrected chi connectivity index (χ0v) is 25.0. The summed E-state index contributed by atoms with van der Waals surface area (Å²) in [6, 6.07) is 21.7. The Labute approximate surface area is 253 Å². The molecule has 3 aromatic carbocycles. The first kappa shape index (κ1) is 32.1. The molecule has 0 aromatic heterocycles. The number of nitrogens with zero attached hydrogens (tertiary/aromatic N) is 1. The molecule has 1 atom stereocenters. The first-order chi connectivity index (χ1) is 20.9. The van der Waals surface area contributed by atoms with E-state index >= 15 is 0 Å². The van der Waals surface area contributed by atoms with E-state index in [1.165, 1.54) is 6.08 Å². The van der Waals surface area contributed by atoms with Gasteiger partial charge < -0.3 is 26.4 Å². The number of aliphatic imine (C=N–C) groups is 1. The SMILES string of the molecule is C/C=C1/C=C(NC(C(=O)Nc2ccc(OC)cc2)c2ccc(/C=C/C=O)cc2)C=CC1=NCC.CNc1ccccc1N. The van der Waals surface area contributed by atoms with Gasteiger partial charge in [-0.25, -0.2) is 0 Å². The molecule has 0 saturated heterocycles. The highest BCUT2D eigenvalue weighted by atomic mass is 16.5. The average Bonchev–Trinajstić information content (AvgIpc) is 3.04. The van der Waals surface area contributed by atoms with Crippen LogP contribution in [0, 0.1) is 0 Å². The molecule has 1 aliphatic carbocycles. The highest BCUT2D eigenvalue weighted by molar-refractivity contribution is 6.11. The third kappa shape index (κ3) is 9.60. The lowest BCUT2D eigenvalue weighted by atomic mass is 10.00. The van der Waals surface area contributed by atoms with Crippen LogP contribution in [-0.4, -0.2) is 38.6 Å². The molecule has 0 aliphatic heterocycles. The molecule has 43 heavy (non-hydrogen) atoms. The largest absolute Gasteiger partial charge is 0.497 e. The van der Waals surface area contributed by atoms with Gasteiger partial charge >= 0.3 is 0 Å². The first-order valence-corrected chi connectivity index (χ1v) is 14.0. The van der Waals surface area contributed by atoms with Crippen LogP contribution in [0.4, 0.5) is 17.1 Å². The van der Waals surface area contributed by atoms with Crippen molar-refractivity contribution in [2.75, 3.05) is 37.1 Å². The van der Waals surface area contributed by atoms with Gasteiger partial charge in [0.2, 0.25) is 0 Å². The summed E-state index contributed by atoms with van der Waals surface area (Å²) < 4.78 is 5.19. The lowest BCUT2D eigenvalue weighted by molar-refractivity contribution is -0.118. The molecule has 0 bridgehead atoms. The van der Waals surface area contributed by atoms with Gasteiger partial charge in [0.1, 0.15) is 18.1 Å². The molecule has 8 nitrogen and oxygen atoms in total. The molecular formula is C35H39N5O3. The summed E-state index contributed by atoms with van der Waals surface area (Å²) in [5, 5.41) is 9.32. The maximum atomic E-state index is 13.4. The molecule has 8 heteroatoms. The van der Waals surface area contributed by atoms with Crippen LogP contribution in [-0.2, 0) is 9.59 Å². The van der Waals surface area contributed by atoms with Crippen molar-refractivity contribution in [3.63, 3.8) is 0 Å². The van der Waals surface area contributed by atoms with E-state index in [0.29, 0.717) is 18.0 Å². The van der Waals surface area contributed by atoms with Crippen LogP contribution in [0.5, 0.6) is 5.75 Å². The number of rotatable bonds is 10. The monoisotopic (exact) mass is 577 g/mol. The summed E-state index contributed by atoms with van der Waals surface area (Å²) in [5.74, 6) is 0.512. The number of methoxy groups -OCH3 is 1. The maximum Gasteiger partial charge on any atom is 0.251 e. The Balaban J connectivity index is 0.000000480. The predicted octanol–water partition coefficient (Wildman–Crippen LogP) is 6.35. The standard InChI is InChI=1S/C28H29N3O3.C7H10N2/c1-4-21-19-24(14-17-26(21)29-5-2)30-27(22-10-8-20(9-11-22)7-6-18-32)28(33)31-23-12-15-25(34-3)16-13-23;1-9-7-5-3-2-4-6(7)8/h4,6-19,27,30H,5H2,1-3H3,(H,31,33);2-5,9H,8H2,1H3/b7-6+,21-4-,29-26?;. The zero-order chi connectivity index (χ0) is 31.0. The zero-order valence-electron chi connectivity index (χ0n) is 25.0. The Morgan fingerprint density at radius 2 is 1.74 bits per heavy atom. The molecule has 0 radical (unpaired) electrons. The molecule has 1 aliphatic rings. The fraction of sp³-hybridized carbons (Fsp3) is 0.171. The number of hydrogen-bond donors (Lipinski definition) is 4. The van der Waals surface area contributed by atoms with Gasteiger partial charge in [0.25, 0.3) is 5.91 Å². The summed E-state index contributed by atoms with van der Waals surface area (Å²) in [6.45, 7) is 4.66. The Kier molecular flexibility index (Phi) is 12.6. The molecule has 4 rings (SSSR count). The van der Waals surface area contributed by atoms with Crippen LogP contribution in [0.25, 0.3) is 6.08 Å². The van der Waals surface area contributed by atoms with Gasteiger partial charge in [-0.2, -0.15) is 0 Å². The molecule has 1 amide bonds. The fourth-order valence-electron chi connectivity index (χ4n) is 4.22. The second kappa shape index (κ2) is 16.8. The minimum absolute atomic E-state index is 0.203. The number of amides is 1. The molecule has 0 spiro atoms. The molecule has 5 N–H and O–H groups in total. The lowest BCUT2D eigenvalue weighted by Gasteiger charge is -2.23. The second-order valence-electron chi connectivity index (χ2n) is 9.33. The number of allylic oxidation sites excluding steroid dienone is 6. The van der Waals surface area contributed by atoms with Gasteiger partial charge in [0.15, 0.2) is 0 Å². The highest BCUT2D eigenvalue weighted by Crippen LogP contribution is 2.23. The van der Waals surface area contributed by atoms with E-state index in [1.54, 1.807) is 37.5 Å². The van der Waals surface area contributed by atoms with Gasteiger partial charge in [-0.1, -0.05) is 48.6 Å². The van der Waals surface area contributed by atoms with Crippen molar-refractivity contribution in [3.05, 3.63) is 126 Å². The van der Waals surface area contributed by atoms with Gasteiger partial charge in [0, 0.05) is 25.0 Å². The van der Waals surface area contributed by atoms with Crippen molar-refractivity contribution in [2.24, 2.45) is 4.99 Å². The Morgan fingerprint density at radius 3 is 2.33 bits per heavy atom. The van der Waals surface area contributed by atoms with Crippen molar-refractivity contribution in [2.45, 2.75) is 19.9 Å². The normalized spacial score (nSPS) is 14.8. The lowest BCUT2D eigenvalue weighted by Crippen LogP contribution is -2.33. The Bertz CT molecular complexity index is 1520. The first-order valence-electron chi connectivity index (χ1n) is 14.0. The van der Waals surface area contributed by atoms with Crippen LogP contribution in [0.1, 0.15) is 31.0 Å². The van der Waals surface area contributed by atoms with Crippen molar-refractivity contribution >= 4 is 41.0 Å². The van der Waals surface area contributed by atoms with E-state index in [-0.39, 0.29) is 5.91 Å². The number of carbonyl (C=O) groups is 2. The van der Waals surface area contributed by atoms with Crippen molar-refractivity contribution < 1.29 is 14.3 Å². The summed E-state index contributed by atoms with van der Waals surface area (Å²) >= 11 is 0. The summed E-state index contributed by atoms with van der Waals surface area (Å²) in [4.78, 5) is 28.5. The smallest absolute Gasteiger partial charge is 0.251 e. The molecule has 1 unspecified atom stereocenters. The number of aldehydes is 1. The van der Waals surface area contributed by atoms with E-state index in [1.807, 2.05) is 93.7 Å². The average molecular weight is 578 g/mol. The highest BCUT2D eigenvalue weighted by Gasteiger charge is 2.22. The minimum Gasteiger partial charge on any atom is -0.497 e. The van der Waals surface area contributed by atoms with Crippen LogP contribution < -0.4 is 26.4 Å². The van der Waals surface area contributed by atoms with Crippen molar-refractivity contribution in [1.82, 2.24) is 5.32 Å². The van der Waals surface area contributed by atoms with E-state index in [4.69, 9.17) is 10.5 Å². The molecule has 0 saturated carbocycles. The number of nitrogens with two attached hydrogens (primary N) is 1. The van der Waals surface area contributed by atoms with Gasteiger partial charge in [-0.15, -0.1) is 0 Å². The number of hydrogen-bond acceptors (Lipinski definition) is 7. The third-order valence-electron chi connectivity index (χ3n) is 6.46. The maximum absolute atomic E-state index is 13.4. The summed E-state index contributed by atoms with van der Waals surface area (Å²) in [6.07, 6.45) is 11.8. The third-order valence-corrected chi connectivity index (χ3v) is 6.46. The topological polar surface area (TPSA) is 118 Å². The number of carbonyl (C=O) groups excluding carboxylic acids is 2. The molecule has 3 aromatic rings. The quantitative estimate of drug-likeness (QED) is 0.127. The van der Waals surface area contributed by atoms with Crippen LogP contribution in [0.2, 0.25) is 0 Å². The second-order valence-corrected chi connectivity index (χ2v) is 9.33. The number of nitrogen functional groups attached to an aromatic ring is 1. The number of para-hydroxylation sites is 2. The minimum atomic E-state index is -0.648. The Morgan fingerprint density at radius 1 is 1.02 bits per heavy atom. The summed E-state index contributed by atoms with van der Waals surface area (Å²) in [5.41, 5.74) is 12.4. The summed E-state index contributed by atoms with van der Waals surface area (Å²) in [7, 11) is 3.45. The van der Waals surface area contributed by atoms with Gasteiger partial charge in [-0.3, -0.25) is 14.6 Å². The van der Waals surface area contributed by atoms with E-state index in [9.17, 15) is 9.59 Å². The van der Waals surface area contributed by atoms with E-state index < -0.39 is 6.04 Å².